The molecular weight excluding hydrogens is 248 g/mol. The Labute approximate surface area is 110 Å². The Bertz CT molecular complexity index is 575. The van der Waals surface area contributed by atoms with Gasteiger partial charge in [-0.05, 0) is 13.3 Å². The fourth-order valence-corrected chi connectivity index (χ4v) is 2.34. The van der Waals surface area contributed by atoms with E-state index in [1.54, 1.807) is 28.3 Å². The molecule has 0 atom stereocenters. The van der Waals surface area contributed by atoms with E-state index in [0.717, 1.165) is 17.1 Å². The molecule has 0 bridgehead atoms. The van der Waals surface area contributed by atoms with Crippen molar-refractivity contribution in [3.63, 3.8) is 0 Å². The minimum absolute atomic E-state index is 0.0763. The summed E-state index contributed by atoms with van der Waals surface area (Å²) < 4.78 is 1.67. The first-order valence-electron chi connectivity index (χ1n) is 5.91. The van der Waals surface area contributed by atoms with Gasteiger partial charge in [0, 0.05) is 30.0 Å². The summed E-state index contributed by atoms with van der Waals surface area (Å²) in [5.41, 5.74) is 0.925. The van der Waals surface area contributed by atoms with Crippen LogP contribution in [0.4, 0.5) is 5.82 Å². The van der Waals surface area contributed by atoms with Gasteiger partial charge in [-0.15, -0.1) is 11.3 Å². The van der Waals surface area contributed by atoms with Crippen molar-refractivity contribution >= 4 is 17.2 Å². The molecule has 0 saturated heterocycles. The molecule has 0 fully saturated rings. The van der Waals surface area contributed by atoms with Crippen LogP contribution in [0.15, 0.2) is 22.6 Å². The number of thiazole rings is 1. The van der Waals surface area contributed by atoms with Gasteiger partial charge in [0.2, 0.25) is 0 Å². The molecule has 6 heteroatoms. The highest BCUT2D eigenvalue weighted by Gasteiger charge is 2.05. The number of rotatable bonds is 5. The first-order chi connectivity index (χ1) is 8.70. The van der Waals surface area contributed by atoms with Crippen molar-refractivity contribution in [2.24, 2.45) is 0 Å². The van der Waals surface area contributed by atoms with E-state index in [2.05, 4.69) is 15.3 Å². The summed E-state index contributed by atoms with van der Waals surface area (Å²) in [6.45, 7) is 5.25. The molecule has 0 aliphatic rings. The van der Waals surface area contributed by atoms with Crippen LogP contribution in [0.1, 0.15) is 24.0 Å². The van der Waals surface area contributed by atoms with Crippen molar-refractivity contribution in [3.8, 4) is 0 Å². The van der Waals surface area contributed by atoms with Gasteiger partial charge in [-0.1, -0.05) is 6.92 Å². The van der Waals surface area contributed by atoms with Gasteiger partial charge in [0.1, 0.15) is 5.01 Å². The molecule has 0 amide bonds. The standard InChI is InChI=1S/C12H16N4OS/c1-3-5-16-6-4-13-11(12(16)17)14-7-10-15-9(2)8-18-10/h4,6,8H,3,5,7H2,1-2H3,(H,13,14). The highest BCUT2D eigenvalue weighted by atomic mass is 32.1. The summed E-state index contributed by atoms with van der Waals surface area (Å²) in [6, 6.07) is 0. The van der Waals surface area contributed by atoms with Gasteiger partial charge in [-0.25, -0.2) is 9.97 Å². The zero-order chi connectivity index (χ0) is 13.0. The van der Waals surface area contributed by atoms with Crippen LogP contribution in [0.2, 0.25) is 0 Å². The van der Waals surface area contributed by atoms with Crippen LogP contribution in [-0.2, 0) is 13.1 Å². The van der Waals surface area contributed by atoms with Gasteiger partial charge in [0.05, 0.1) is 6.54 Å². The van der Waals surface area contributed by atoms with Gasteiger partial charge in [0.15, 0.2) is 5.82 Å². The third-order valence-corrected chi connectivity index (χ3v) is 3.42. The molecule has 0 aliphatic carbocycles. The zero-order valence-corrected chi connectivity index (χ0v) is 11.3. The second-order valence-electron chi connectivity index (χ2n) is 4.01. The second-order valence-corrected chi connectivity index (χ2v) is 4.95. The van der Waals surface area contributed by atoms with Crippen LogP contribution in [0.5, 0.6) is 0 Å². The normalized spacial score (nSPS) is 10.6. The molecule has 1 N–H and O–H groups in total. The van der Waals surface area contributed by atoms with Gasteiger partial charge in [-0.3, -0.25) is 4.79 Å². The van der Waals surface area contributed by atoms with E-state index in [-0.39, 0.29) is 5.56 Å². The maximum atomic E-state index is 12.0. The van der Waals surface area contributed by atoms with Gasteiger partial charge in [-0.2, -0.15) is 0 Å². The molecule has 2 aromatic heterocycles. The molecule has 0 aliphatic heterocycles. The Balaban J connectivity index is 2.09. The van der Waals surface area contributed by atoms with Crippen molar-refractivity contribution < 1.29 is 0 Å². The van der Waals surface area contributed by atoms with E-state index in [1.165, 1.54) is 0 Å². The van der Waals surface area contributed by atoms with Crippen molar-refractivity contribution in [1.29, 1.82) is 0 Å². The van der Waals surface area contributed by atoms with Crippen molar-refractivity contribution in [2.45, 2.75) is 33.4 Å². The van der Waals surface area contributed by atoms with E-state index >= 15 is 0 Å². The van der Waals surface area contributed by atoms with Crippen molar-refractivity contribution in [1.82, 2.24) is 14.5 Å². The van der Waals surface area contributed by atoms with Crippen LogP contribution in [0, 0.1) is 6.92 Å². The summed E-state index contributed by atoms with van der Waals surface area (Å²) >= 11 is 1.58. The van der Waals surface area contributed by atoms with Crippen LogP contribution < -0.4 is 10.9 Å². The first kappa shape index (κ1) is 12.8. The Hall–Kier alpha value is -1.69. The van der Waals surface area contributed by atoms with Crippen molar-refractivity contribution in [2.75, 3.05) is 5.32 Å². The molecule has 5 nitrogen and oxygen atoms in total. The molecule has 18 heavy (non-hydrogen) atoms. The smallest absolute Gasteiger partial charge is 0.293 e. The lowest BCUT2D eigenvalue weighted by molar-refractivity contribution is 0.649. The van der Waals surface area contributed by atoms with E-state index in [4.69, 9.17) is 0 Å². The van der Waals surface area contributed by atoms with Crippen LogP contribution >= 0.6 is 11.3 Å². The largest absolute Gasteiger partial charge is 0.359 e. The number of nitrogens with zero attached hydrogens (tertiary/aromatic N) is 3. The predicted octanol–water partition coefficient (Wildman–Crippen LogP) is 2.03. The molecule has 96 valence electrons. The number of anilines is 1. The number of aryl methyl sites for hydroxylation is 2. The van der Waals surface area contributed by atoms with Crippen LogP contribution in [0.3, 0.4) is 0 Å². The molecule has 2 rings (SSSR count). The van der Waals surface area contributed by atoms with E-state index < -0.39 is 0 Å². The van der Waals surface area contributed by atoms with Crippen LogP contribution in [-0.4, -0.2) is 14.5 Å². The van der Waals surface area contributed by atoms with Gasteiger partial charge >= 0.3 is 0 Å². The molecular formula is C12H16N4OS. The molecule has 0 aromatic carbocycles. The van der Waals surface area contributed by atoms with Gasteiger partial charge < -0.3 is 9.88 Å². The fraction of sp³-hybridized carbons (Fsp3) is 0.417. The molecule has 0 radical (unpaired) electrons. The summed E-state index contributed by atoms with van der Waals surface area (Å²) in [7, 11) is 0. The van der Waals surface area contributed by atoms with Crippen molar-refractivity contribution in [3.05, 3.63) is 38.8 Å². The lowest BCUT2D eigenvalue weighted by Gasteiger charge is -2.06. The maximum Gasteiger partial charge on any atom is 0.293 e. The maximum absolute atomic E-state index is 12.0. The quantitative estimate of drug-likeness (QED) is 0.897. The van der Waals surface area contributed by atoms with Gasteiger partial charge in [0.25, 0.3) is 5.56 Å². The Morgan fingerprint density at radius 3 is 3.00 bits per heavy atom. The lowest BCUT2D eigenvalue weighted by atomic mass is 10.4. The third-order valence-electron chi connectivity index (χ3n) is 2.45. The average molecular weight is 264 g/mol. The Morgan fingerprint density at radius 1 is 1.50 bits per heavy atom. The number of aromatic nitrogens is 3. The molecule has 2 heterocycles. The summed E-state index contributed by atoms with van der Waals surface area (Å²) in [5.74, 6) is 0.388. The Morgan fingerprint density at radius 2 is 2.33 bits per heavy atom. The highest BCUT2D eigenvalue weighted by molar-refractivity contribution is 7.09. The number of nitrogens with one attached hydrogen (secondary N) is 1. The number of hydrogen-bond donors (Lipinski definition) is 1. The summed E-state index contributed by atoms with van der Waals surface area (Å²) in [5, 5.41) is 5.99. The summed E-state index contributed by atoms with van der Waals surface area (Å²) in [6.07, 6.45) is 4.28. The second kappa shape index (κ2) is 5.77. The minimum Gasteiger partial charge on any atom is -0.359 e. The third kappa shape index (κ3) is 2.95. The SMILES string of the molecule is CCCn1ccnc(NCc2nc(C)cs2)c1=O. The van der Waals surface area contributed by atoms with E-state index in [1.807, 2.05) is 19.2 Å². The highest BCUT2D eigenvalue weighted by Crippen LogP contribution is 2.09. The molecule has 0 spiro atoms. The monoisotopic (exact) mass is 264 g/mol. The van der Waals surface area contributed by atoms with E-state index in [9.17, 15) is 4.79 Å². The number of hydrogen-bond acceptors (Lipinski definition) is 5. The Kier molecular flexibility index (Phi) is 4.09. The zero-order valence-electron chi connectivity index (χ0n) is 10.5. The molecule has 2 aromatic rings. The van der Waals surface area contributed by atoms with Crippen LogP contribution in [0.25, 0.3) is 0 Å². The van der Waals surface area contributed by atoms with E-state index in [0.29, 0.717) is 18.9 Å². The minimum atomic E-state index is -0.0763. The topological polar surface area (TPSA) is 59.8 Å². The lowest BCUT2D eigenvalue weighted by Crippen LogP contribution is -2.24. The summed E-state index contributed by atoms with van der Waals surface area (Å²) in [4.78, 5) is 20.4. The molecule has 0 saturated carbocycles. The fourth-order valence-electron chi connectivity index (χ4n) is 1.63. The first-order valence-corrected chi connectivity index (χ1v) is 6.79. The molecule has 0 unspecified atom stereocenters. The average Bonchev–Trinajstić information content (AvgIpc) is 2.77. The predicted molar refractivity (Wildman–Crippen MR) is 73.0 cm³/mol.